The predicted octanol–water partition coefficient (Wildman–Crippen LogP) is 3.53. The van der Waals surface area contributed by atoms with Crippen molar-refractivity contribution < 1.29 is 9.47 Å². The van der Waals surface area contributed by atoms with Crippen LogP contribution < -0.4 is 10.1 Å². The smallest absolute Gasteiger partial charge is 0.193 e. The average Bonchev–Trinajstić information content (AvgIpc) is 2.55. The molecule has 0 aliphatic rings. The second-order valence-electron chi connectivity index (χ2n) is 5.22. The van der Waals surface area contributed by atoms with Gasteiger partial charge in [0.15, 0.2) is 5.96 Å². The van der Waals surface area contributed by atoms with E-state index in [2.05, 4.69) is 41.3 Å². The lowest BCUT2D eigenvalue weighted by Crippen LogP contribution is -2.38. The highest BCUT2D eigenvalue weighted by atomic mass is 127. The van der Waals surface area contributed by atoms with Gasteiger partial charge in [0.25, 0.3) is 0 Å². The molecule has 0 unspecified atom stereocenters. The first-order valence-corrected chi connectivity index (χ1v) is 8.50. The van der Waals surface area contributed by atoms with E-state index in [1.54, 1.807) is 0 Å². The maximum Gasteiger partial charge on any atom is 0.193 e. The maximum absolute atomic E-state index is 5.48. The number of hydrogen-bond donors (Lipinski definition) is 1. The molecule has 24 heavy (non-hydrogen) atoms. The third-order valence-corrected chi connectivity index (χ3v) is 3.26. The summed E-state index contributed by atoms with van der Waals surface area (Å²) in [7, 11) is 2.06. The zero-order valence-corrected chi connectivity index (χ0v) is 17.7. The molecule has 0 fully saturated rings. The van der Waals surface area contributed by atoms with Crippen LogP contribution in [-0.2, 0) is 11.3 Å². The van der Waals surface area contributed by atoms with Gasteiger partial charge in [0, 0.05) is 39.9 Å². The van der Waals surface area contributed by atoms with Gasteiger partial charge in [-0.15, -0.1) is 24.0 Å². The Labute approximate surface area is 163 Å². The molecular formula is C18H32IN3O2. The summed E-state index contributed by atoms with van der Waals surface area (Å²) < 4.78 is 10.8. The van der Waals surface area contributed by atoms with Crippen LogP contribution in [0.4, 0.5) is 0 Å². The Morgan fingerprint density at radius 1 is 1.12 bits per heavy atom. The lowest BCUT2D eigenvalue weighted by atomic mass is 10.2. The van der Waals surface area contributed by atoms with Gasteiger partial charge in [0.05, 0.1) is 6.61 Å². The average molecular weight is 449 g/mol. The zero-order chi connectivity index (χ0) is 16.9. The summed E-state index contributed by atoms with van der Waals surface area (Å²) >= 11 is 0. The van der Waals surface area contributed by atoms with Crippen molar-refractivity contribution >= 4 is 29.9 Å². The number of nitrogens with one attached hydrogen (secondary N) is 1. The first kappa shape index (κ1) is 23.0. The number of nitrogens with zero attached hydrogens (tertiary/aromatic N) is 2. The summed E-state index contributed by atoms with van der Waals surface area (Å²) in [6.45, 7) is 10.8. The van der Waals surface area contributed by atoms with E-state index in [9.17, 15) is 0 Å². The van der Waals surface area contributed by atoms with Crippen molar-refractivity contribution in [2.24, 2.45) is 4.99 Å². The normalized spacial score (nSPS) is 10.9. The molecule has 0 saturated carbocycles. The first-order chi connectivity index (χ1) is 11.2. The highest BCUT2D eigenvalue weighted by Crippen LogP contribution is 2.13. The molecule has 138 valence electrons. The van der Waals surface area contributed by atoms with Crippen LogP contribution >= 0.6 is 24.0 Å². The molecule has 6 heteroatoms. The largest absolute Gasteiger partial charge is 0.494 e. The van der Waals surface area contributed by atoms with E-state index in [0.29, 0.717) is 6.61 Å². The fourth-order valence-electron chi connectivity index (χ4n) is 2.17. The van der Waals surface area contributed by atoms with Crippen LogP contribution in [0.5, 0.6) is 5.75 Å². The molecule has 0 bridgehead atoms. The second-order valence-corrected chi connectivity index (χ2v) is 5.22. The van der Waals surface area contributed by atoms with E-state index in [4.69, 9.17) is 9.47 Å². The molecule has 1 rings (SSSR count). The number of rotatable bonds is 10. The van der Waals surface area contributed by atoms with Crippen molar-refractivity contribution in [3.63, 3.8) is 0 Å². The minimum absolute atomic E-state index is 0. The van der Waals surface area contributed by atoms with Gasteiger partial charge in [0.2, 0.25) is 0 Å². The Morgan fingerprint density at radius 3 is 2.42 bits per heavy atom. The fraction of sp³-hybridized carbons (Fsp3) is 0.611. The molecule has 0 radical (unpaired) electrons. The van der Waals surface area contributed by atoms with Crippen molar-refractivity contribution in [2.75, 3.05) is 40.0 Å². The van der Waals surface area contributed by atoms with Crippen LogP contribution in [0.15, 0.2) is 29.3 Å². The van der Waals surface area contributed by atoms with E-state index in [-0.39, 0.29) is 24.0 Å². The van der Waals surface area contributed by atoms with Crippen LogP contribution in [0.25, 0.3) is 0 Å². The molecule has 0 aromatic heterocycles. The standard InChI is InChI=1S/C18H31N3O2.HI/c1-5-19-18(20-13-8-14-22-6-2)21(4)15-16-9-11-17(12-10-16)23-7-3;/h9-12H,5-8,13-15H2,1-4H3,(H,19,20);1H. The zero-order valence-electron chi connectivity index (χ0n) is 15.4. The van der Waals surface area contributed by atoms with Crippen molar-refractivity contribution in [3.8, 4) is 5.75 Å². The van der Waals surface area contributed by atoms with E-state index in [1.165, 1.54) is 5.56 Å². The summed E-state index contributed by atoms with van der Waals surface area (Å²) in [6.07, 6.45) is 0.944. The lowest BCUT2D eigenvalue weighted by Gasteiger charge is -2.22. The van der Waals surface area contributed by atoms with Gasteiger partial charge in [-0.3, -0.25) is 4.99 Å². The molecule has 0 aliphatic heterocycles. The number of halogens is 1. The second kappa shape index (κ2) is 14.3. The minimum Gasteiger partial charge on any atom is -0.494 e. The van der Waals surface area contributed by atoms with Crippen molar-refractivity contribution in [2.45, 2.75) is 33.7 Å². The van der Waals surface area contributed by atoms with Crippen LogP contribution in [0, 0.1) is 0 Å². The van der Waals surface area contributed by atoms with Gasteiger partial charge < -0.3 is 19.7 Å². The Hall–Kier alpha value is -1.02. The molecule has 5 nitrogen and oxygen atoms in total. The number of aliphatic imine (C=N–C) groups is 1. The molecule has 1 aromatic rings. The Balaban J connectivity index is 0.00000529. The number of ether oxygens (including phenoxy) is 2. The Kier molecular flexibility index (Phi) is 13.7. The number of benzene rings is 1. The van der Waals surface area contributed by atoms with E-state index in [0.717, 1.165) is 51.0 Å². The number of hydrogen-bond acceptors (Lipinski definition) is 3. The van der Waals surface area contributed by atoms with Gasteiger partial charge in [-0.2, -0.15) is 0 Å². The molecule has 0 atom stereocenters. The molecule has 1 N–H and O–H groups in total. The van der Waals surface area contributed by atoms with E-state index >= 15 is 0 Å². The van der Waals surface area contributed by atoms with Gasteiger partial charge in [-0.25, -0.2) is 0 Å². The minimum atomic E-state index is 0. The Bertz CT molecular complexity index is 452. The van der Waals surface area contributed by atoms with E-state index < -0.39 is 0 Å². The van der Waals surface area contributed by atoms with Crippen LogP contribution in [0.1, 0.15) is 32.8 Å². The van der Waals surface area contributed by atoms with Crippen molar-refractivity contribution in [1.82, 2.24) is 10.2 Å². The van der Waals surface area contributed by atoms with E-state index in [1.807, 2.05) is 26.0 Å². The topological polar surface area (TPSA) is 46.1 Å². The van der Waals surface area contributed by atoms with Crippen LogP contribution in [-0.4, -0.2) is 50.8 Å². The SMILES string of the molecule is CCNC(=NCCCOCC)N(C)Cc1ccc(OCC)cc1.I. The molecule has 0 amide bonds. The quantitative estimate of drug-likeness (QED) is 0.257. The summed E-state index contributed by atoms with van der Waals surface area (Å²) in [6, 6.07) is 8.22. The molecule has 0 heterocycles. The summed E-state index contributed by atoms with van der Waals surface area (Å²) in [5.41, 5.74) is 1.23. The Morgan fingerprint density at radius 2 is 1.83 bits per heavy atom. The molecule has 0 aliphatic carbocycles. The predicted molar refractivity (Wildman–Crippen MR) is 112 cm³/mol. The molecular weight excluding hydrogens is 417 g/mol. The van der Waals surface area contributed by atoms with Crippen LogP contribution in [0.2, 0.25) is 0 Å². The molecule has 0 saturated heterocycles. The maximum atomic E-state index is 5.48. The van der Waals surface area contributed by atoms with Crippen LogP contribution in [0.3, 0.4) is 0 Å². The van der Waals surface area contributed by atoms with Gasteiger partial charge in [-0.1, -0.05) is 12.1 Å². The third kappa shape index (κ3) is 9.32. The van der Waals surface area contributed by atoms with Gasteiger partial charge >= 0.3 is 0 Å². The highest BCUT2D eigenvalue weighted by Gasteiger charge is 2.06. The van der Waals surface area contributed by atoms with Crippen molar-refractivity contribution in [1.29, 1.82) is 0 Å². The third-order valence-electron chi connectivity index (χ3n) is 3.26. The summed E-state index contributed by atoms with van der Waals surface area (Å²) in [5.74, 6) is 1.84. The highest BCUT2D eigenvalue weighted by molar-refractivity contribution is 14.0. The van der Waals surface area contributed by atoms with Crippen molar-refractivity contribution in [3.05, 3.63) is 29.8 Å². The monoisotopic (exact) mass is 449 g/mol. The summed E-state index contributed by atoms with van der Waals surface area (Å²) in [4.78, 5) is 6.79. The number of guanidine groups is 1. The summed E-state index contributed by atoms with van der Waals surface area (Å²) in [5, 5.41) is 3.34. The lowest BCUT2D eigenvalue weighted by molar-refractivity contribution is 0.146. The fourth-order valence-corrected chi connectivity index (χ4v) is 2.17. The van der Waals surface area contributed by atoms with Gasteiger partial charge in [0.1, 0.15) is 5.75 Å². The first-order valence-electron chi connectivity index (χ1n) is 8.50. The van der Waals surface area contributed by atoms with Gasteiger partial charge in [-0.05, 0) is 44.9 Å². The molecule has 0 spiro atoms. The molecule has 1 aromatic carbocycles.